The predicted molar refractivity (Wildman–Crippen MR) is 218 cm³/mol. The Morgan fingerprint density at radius 2 is 0.696 bits per heavy atom. The maximum atomic E-state index is 5.79. The van der Waals surface area contributed by atoms with Crippen LogP contribution in [-0.2, 0) is 33.2 Å². The van der Waals surface area contributed by atoms with Gasteiger partial charge in [0.05, 0.1) is 87.4 Å². The van der Waals surface area contributed by atoms with Crippen LogP contribution in [0.2, 0.25) is 24.2 Å². The zero-order chi connectivity index (χ0) is 33.5. The minimum Gasteiger partial charge on any atom is -0.382 e. The average Bonchev–Trinajstić information content (AvgIpc) is 3.07. The normalized spacial score (nSPS) is 12.0. The molecule has 0 fully saturated rings. The number of ether oxygens (including phenoxy) is 7. The first-order valence-corrected chi connectivity index (χ1v) is 25.5. The van der Waals surface area contributed by atoms with Crippen molar-refractivity contribution < 1.29 is 33.2 Å². The molecule has 0 rings (SSSR count). The molecule has 0 aliphatic heterocycles. The van der Waals surface area contributed by atoms with Crippen LogP contribution in [0.5, 0.6) is 0 Å². The van der Waals surface area contributed by atoms with E-state index in [0.29, 0.717) is 59.5 Å². The topological polar surface area (TPSA) is 64.6 Å². The Kier molecular flexibility index (Phi) is 43.3. The molecule has 0 unspecified atom stereocenters. The Bertz CT molecular complexity index is 514. The maximum Gasteiger partial charge on any atom is 0.0700 e. The second-order valence-electron chi connectivity index (χ2n) is 10.8. The van der Waals surface area contributed by atoms with E-state index >= 15 is 0 Å². The second kappa shape index (κ2) is 41.5. The highest BCUT2D eigenvalue weighted by Gasteiger charge is 2.30. The first kappa shape index (κ1) is 48.0. The van der Waals surface area contributed by atoms with E-state index in [1.807, 2.05) is 35.3 Å². The van der Waals surface area contributed by atoms with Gasteiger partial charge in [-0.3, -0.25) is 0 Å². The molecular weight excluding hydrogens is 717 g/mol. The molecule has 0 heterocycles. The molecule has 0 aliphatic carbocycles. The quantitative estimate of drug-likeness (QED) is 0.0340. The van der Waals surface area contributed by atoms with Crippen molar-refractivity contribution in [3.63, 3.8) is 0 Å². The fraction of sp³-hybridized carbons (Fsp3) is 1.00. The molecule has 46 heavy (non-hydrogen) atoms. The lowest BCUT2D eigenvalue weighted by molar-refractivity contribution is 0.0606. The largest absolute Gasteiger partial charge is 0.382 e. The van der Waals surface area contributed by atoms with Gasteiger partial charge in [0.15, 0.2) is 0 Å². The van der Waals surface area contributed by atoms with Crippen molar-refractivity contribution in [2.45, 2.75) is 56.8 Å². The first-order valence-electron chi connectivity index (χ1n) is 17.3. The van der Waals surface area contributed by atoms with E-state index in [4.69, 9.17) is 33.2 Å². The van der Waals surface area contributed by atoms with Gasteiger partial charge in [0.25, 0.3) is 0 Å². The number of rotatable bonds is 41. The Morgan fingerprint density at radius 1 is 0.370 bits per heavy atom. The molecule has 0 N–H and O–H groups in total. The lowest BCUT2D eigenvalue weighted by Crippen LogP contribution is -2.35. The van der Waals surface area contributed by atoms with Crippen molar-refractivity contribution in [3.05, 3.63) is 0 Å². The minimum absolute atomic E-state index is 0.662. The summed E-state index contributed by atoms with van der Waals surface area (Å²) in [5.74, 6) is 9.15. The van der Waals surface area contributed by atoms with Crippen LogP contribution in [0.4, 0.5) is 0 Å². The monoisotopic (exact) mass is 784 g/mol. The van der Waals surface area contributed by atoms with Gasteiger partial charge in [-0.2, -0.15) is 73.2 Å². The highest BCUT2D eigenvalue weighted by atomic mass is 32.2. The van der Waals surface area contributed by atoms with E-state index in [1.54, 1.807) is 0 Å². The van der Waals surface area contributed by atoms with Gasteiger partial charge in [-0.25, -0.2) is 0 Å². The SMILES string of the molecule is CCOCCC[Si](CCCSCCOCCOCCS)(CCCSCCOCCOCCS)CCCSCCOCCOCCS. The molecule has 7 nitrogen and oxygen atoms in total. The third-order valence-electron chi connectivity index (χ3n) is 7.13. The maximum absolute atomic E-state index is 5.79. The highest BCUT2D eigenvalue weighted by Crippen LogP contribution is 2.33. The zero-order valence-electron chi connectivity index (χ0n) is 28.8. The first-order chi connectivity index (χ1) is 22.7. The van der Waals surface area contributed by atoms with Crippen molar-refractivity contribution in [1.82, 2.24) is 0 Å². The van der Waals surface area contributed by atoms with Crippen molar-refractivity contribution in [2.24, 2.45) is 0 Å². The Labute approximate surface area is 313 Å². The van der Waals surface area contributed by atoms with Gasteiger partial charge in [-0.1, -0.05) is 24.2 Å². The lowest BCUT2D eigenvalue weighted by atomic mass is 10.5. The standard InChI is InChI=1S/C32H68O7S6Si/c1-2-33-7-3-29-46(30-4-23-43-26-17-37-11-8-34-14-20-40,31-5-24-44-27-18-38-12-9-35-15-21-41)32-6-25-45-28-19-39-13-10-36-16-22-42/h40-42H,2-32H2,1H3. The van der Waals surface area contributed by atoms with E-state index in [1.165, 1.54) is 67.1 Å². The second-order valence-corrected chi connectivity index (χ2v) is 20.8. The molecule has 0 aliphatic rings. The number of thioether (sulfide) groups is 3. The molecule has 278 valence electrons. The van der Waals surface area contributed by atoms with E-state index in [0.717, 1.165) is 67.6 Å². The molecule has 0 aromatic heterocycles. The van der Waals surface area contributed by atoms with E-state index in [-0.39, 0.29) is 0 Å². The molecule has 0 amide bonds. The Hall–Kier alpha value is 2.04. The van der Waals surface area contributed by atoms with Gasteiger partial charge in [-0.15, -0.1) is 0 Å². The molecule has 14 heteroatoms. The van der Waals surface area contributed by atoms with Crippen LogP contribution in [0.15, 0.2) is 0 Å². The predicted octanol–water partition coefficient (Wildman–Crippen LogP) is 7.12. The minimum atomic E-state index is -1.41. The van der Waals surface area contributed by atoms with E-state index in [9.17, 15) is 0 Å². The molecule has 0 saturated carbocycles. The molecule has 0 aromatic carbocycles. The summed E-state index contributed by atoms with van der Waals surface area (Å²) in [5.41, 5.74) is 0. The zero-order valence-corrected chi connectivity index (χ0v) is 35.0. The van der Waals surface area contributed by atoms with Crippen molar-refractivity contribution >= 4 is 81.2 Å². The Balaban J connectivity index is 4.64. The van der Waals surface area contributed by atoms with Gasteiger partial charge < -0.3 is 33.2 Å². The number of thiol groups is 3. The van der Waals surface area contributed by atoms with E-state index < -0.39 is 8.07 Å². The van der Waals surface area contributed by atoms with E-state index in [2.05, 4.69) is 44.8 Å². The van der Waals surface area contributed by atoms with Gasteiger partial charge in [0, 0.05) is 47.7 Å². The summed E-state index contributed by atoms with van der Waals surface area (Å²) in [6.45, 7) is 12.3. The summed E-state index contributed by atoms with van der Waals surface area (Å²) in [6, 6.07) is 5.70. The summed E-state index contributed by atoms with van der Waals surface area (Å²) in [5, 5.41) is 0. The highest BCUT2D eigenvalue weighted by molar-refractivity contribution is 7.99. The van der Waals surface area contributed by atoms with Gasteiger partial charge >= 0.3 is 0 Å². The summed E-state index contributed by atoms with van der Waals surface area (Å²) in [7, 11) is -1.41. The molecule has 0 spiro atoms. The number of hydrogen-bond acceptors (Lipinski definition) is 13. The van der Waals surface area contributed by atoms with Gasteiger partial charge in [-0.05, 0) is 49.9 Å². The van der Waals surface area contributed by atoms with Gasteiger partial charge in [0.1, 0.15) is 0 Å². The van der Waals surface area contributed by atoms with Crippen LogP contribution >= 0.6 is 73.2 Å². The van der Waals surface area contributed by atoms with Crippen LogP contribution in [0.25, 0.3) is 0 Å². The lowest BCUT2D eigenvalue weighted by Gasteiger charge is -2.33. The van der Waals surface area contributed by atoms with Crippen molar-refractivity contribution in [3.8, 4) is 0 Å². The summed E-state index contributed by atoms with van der Waals surface area (Å²) in [6.07, 6.45) is 5.18. The van der Waals surface area contributed by atoms with Crippen LogP contribution in [0.3, 0.4) is 0 Å². The molecule has 0 atom stereocenters. The molecule has 0 bridgehead atoms. The molecular formula is C32H68O7S6Si. The van der Waals surface area contributed by atoms with Crippen LogP contribution in [0.1, 0.15) is 32.6 Å². The van der Waals surface area contributed by atoms with Crippen molar-refractivity contribution in [1.29, 1.82) is 0 Å². The Morgan fingerprint density at radius 3 is 1.02 bits per heavy atom. The molecule has 0 saturated heterocycles. The number of hydrogen-bond donors (Lipinski definition) is 3. The summed E-state index contributed by atoms with van der Waals surface area (Å²) >= 11 is 18.6. The smallest absolute Gasteiger partial charge is 0.0700 e. The summed E-state index contributed by atoms with van der Waals surface area (Å²) in [4.78, 5) is 0. The third kappa shape index (κ3) is 35.8. The fourth-order valence-corrected chi connectivity index (χ4v) is 13.6. The average molecular weight is 785 g/mol. The third-order valence-corrected chi connectivity index (χ3v) is 16.4. The van der Waals surface area contributed by atoms with Gasteiger partial charge in [0.2, 0.25) is 0 Å². The summed E-state index contributed by atoms with van der Waals surface area (Å²) < 4.78 is 39.3. The van der Waals surface area contributed by atoms with Crippen LogP contribution in [-0.4, -0.2) is 152 Å². The van der Waals surface area contributed by atoms with Crippen molar-refractivity contribution in [2.75, 3.05) is 144 Å². The fourth-order valence-electron chi connectivity index (χ4n) is 4.91. The molecule has 0 radical (unpaired) electrons. The molecule has 0 aromatic rings. The van der Waals surface area contributed by atoms with Crippen LogP contribution < -0.4 is 0 Å². The van der Waals surface area contributed by atoms with Crippen LogP contribution in [0, 0.1) is 0 Å².